The van der Waals surface area contributed by atoms with Crippen LogP contribution in [0.4, 0.5) is 0 Å². The average Bonchev–Trinajstić information content (AvgIpc) is 1.86. The van der Waals surface area contributed by atoms with E-state index in [0.29, 0.717) is 18.1 Å². The Morgan fingerprint density at radius 2 is 2.08 bits per heavy atom. The van der Waals surface area contributed by atoms with Gasteiger partial charge in [0.25, 0.3) is 0 Å². The van der Waals surface area contributed by atoms with E-state index in [2.05, 4.69) is 0 Å². The minimum absolute atomic E-state index is 0. The van der Waals surface area contributed by atoms with Crippen LogP contribution in [0, 0.1) is 0 Å². The van der Waals surface area contributed by atoms with Gasteiger partial charge in [-0.1, -0.05) is 0 Å². The SMILES string of the molecule is CC(CSCCN)S(=O)(=O)[O-].[Na+]. The van der Waals surface area contributed by atoms with Crippen molar-refractivity contribution in [1.82, 2.24) is 0 Å². The molecule has 0 radical (unpaired) electrons. The van der Waals surface area contributed by atoms with E-state index < -0.39 is 15.4 Å². The molecule has 0 aromatic rings. The van der Waals surface area contributed by atoms with E-state index in [0.717, 1.165) is 0 Å². The summed E-state index contributed by atoms with van der Waals surface area (Å²) in [5, 5.41) is -0.806. The van der Waals surface area contributed by atoms with Crippen LogP contribution in [0.1, 0.15) is 6.92 Å². The Hall–Kier alpha value is 1.22. The number of rotatable bonds is 5. The maximum absolute atomic E-state index is 10.3. The normalized spacial score (nSPS) is 13.6. The maximum atomic E-state index is 10.3. The molecule has 0 fully saturated rings. The standard InChI is InChI=1S/C5H13NO3S2.Na/c1-5(11(7,8)9)4-10-3-2-6;/h5H,2-4,6H2,1H3,(H,7,8,9);/q;+1/p-1. The zero-order chi connectivity index (χ0) is 8.91. The van der Waals surface area contributed by atoms with E-state index in [1.807, 2.05) is 0 Å². The summed E-state index contributed by atoms with van der Waals surface area (Å²) >= 11 is 1.38. The summed E-state index contributed by atoms with van der Waals surface area (Å²) in [7, 11) is -4.09. The molecular formula is C5H12NNaO3S2. The summed E-state index contributed by atoms with van der Waals surface area (Å²) in [5.41, 5.74) is 5.18. The molecule has 0 saturated heterocycles. The average molecular weight is 221 g/mol. The predicted molar refractivity (Wildman–Crippen MR) is 45.5 cm³/mol. The third-order valence-electron chi connectivity index (χ3n) is 1.11. The second kappa shape index (κ2) is 7.61. The first-order valence-electron chi connectivity index (χ1n) is 3.21. The van der Waals surface area contributed by atoms with Gasteiger partial charge in [0.05, 0.1) is 15.4 Å². The zero-order valence-corrected chi connectivity index (χ0v) is 11.0. The Kier molecular flexibility index (Phi) is 9.94. The Morgan fingerprint density at radius 3 is 2.42 bits per heavy atom. The molecule has 0 heterocycles. The van der Waals surface area contributed by atoms with Gasteiger partial charge >= 0.3 is 29.6 Å². The Bertz CT molecular complexity index is 195. The van der Waals surface area contributed by atoms with E-state index in [-0.39, 0.29) is 29.6 Å². The fourth-order valence-corrected chi connectivity index (χ4v) is 2.04. The van der Waals surface area contributed by atoms with Crippen LogP contribution in [0.5, 0.6) is 0 Å². The van der Waals surface area contributed by atoms with Gasteiger partial charge in [-0.25, -0.2) is 8.42 Å². The van der Waals surface area contributed by atoms with Crippen molar-refractivity contribution in [3.8, 4) is 0 Å². The van der Waals surface area contributed by atoms with Gasteiger partial charge in [0, 0.05) is 18.1 Å². The first-order chi connectivity index (χ1) is 4.98. The molecule has 1 unspecified atom stereocenters. The molecule has 0 aromatic heterocycles. The number of thioether (sulfide) groups is 1. The second-order valence-corrected chi connectivity index (χ2v) is 5.11. The number of hydrogen-bond acceptors (Lipinski definition) is 5. The molecule has 0 aliphatic rings. The molecule has 7 heteroatoms. The summed E-state index contributed by atoms with van der Waals surface area (Å²) in [6.45, 7) is 1.92. The molecular weight excluding hydrogens is 209 g/mol. The quantitative estimate of drug-likeness (QED) is 0.297. The largest absolute Gasteiger partial charge is 1.00 e. The van der Waals surface area contributed by atoms with Crippen LogP contribution < -0.4 is 35.3 Å². The third-order valence-corrected chi connectivity index (χ3v) is 3.73. The first kappa shape index (κ1) is 15.7. The summed E-state index contributed by atoms with van der Waals surface area (Å²) in [5.74, 6) is 1.03. The van der Waals surface area contributed by atoms with Crippen LogP contribution in [-0.2, 0) is 10.1 Å². The van der Waals surface area contributed by atoms with E-state index in [4.69, 9.17) is 5.73 Å². The van der Waals surface area contributed by atoms with E-state index in [1.54, 1.807) is 0 Å². The van der Waals surface area contributed by atoms with Crippen molar-refractivity contribution >= 4 is 21.9 Å². The monoisotopic (exact) mass is 221 g/mol. The zero-order valence-electron chi connectivity index (χ0n) is 7.32. The van der Waals surface area contributed by atoms with Gasteiger partial charge in [0.15, 0.2) is 0 Å². The van der Waals surface area contributed by atoms with Crippen molar-refractivity contribution in [2.24, 2.45) is 5.73 Å². The summed E-state index contributed by atoms with van der Waals surface area (Å²) in [6, 6.07) is 0. The van der Waals surface area contributed by atoms with E-state index in [9.17, 15) is 13.0 Å². The van der Waals surface area contributed by atoms with Crippen LogP contribution >= 0.6 is 11.8 Å². The molecule has 0 aliphatic heterocycles. The molecule has 0 spiro atoms. The minimum Gasteiger partial charge on any atom is -0.748 e. The van der Waals surface area contributed by atoms with Crippen molar-refractivity contribution in [2.75, 3.05) is 18.1 Å². The molecule has 68 valence electrons. The molecule has 0 aliphatic carbocycles. The van der Waals surface area contributed by atoms with Gasteiger partial charge < -0.3 is 10.3 Å². The molecule has 0 saturated carbocycles. The van der Waals surface area contributed by atoms with Crippen LogP contribution in [-0.4, -0.2) is 36.3 Å². The molecule has 0 aromatic carbocycles. The van der Waals surface area contributed by atoms with E-state index >= 15 is 0 Å². The molecule has 0 rings (SSSR count). The predicted octanol–water partition coefficient (Wildman–Crippen LogP) is -3.38. The third kappa shape index (κ3) is 7.85. The Morgan fingerprint density at radius 1 is 1.58 bits per heavy atom. The smallest absolute Gasteiger partial charge is 0.748 e. The van der Waals surface area contributed by atoms with Crippen molar-refractivity contribution in [3.63, 3.8) is 0 Å². The van der Waals surface area contributed by atoms with Gasteiger partial charge in [0.2, 0.25) is 0 Å². The van der Waals surface area contributed by atoms with Gasteiger partial charge in [-0.05, 0) is 6.92 Å². The number of nitrogens with two attached hydrogens (primary N) is 1. The van der Waals surface area contributed by atoms with Crippen LogP contribution in [0.25, 0.3) is 0 Å². The van der Waals surface area contributed by atoms with Gasteiger partial charge in [0.1, 0.15) is 0 Å². The summed E-state index contributed by atoms with van der Waals surface area (Å²) in [6.07, 6.45) is 0. The molecule has 0 bridgehead atoms. The van der Waals surface area contributed by atoms with Crippen LogP contribution in [0.2, 0.25) is 0 Å². The van der Waals surface area contributed by atoms with E-state index in [1.165, 1.54) is 18.7 Å². The fourth-order valence-electron chi connectivity index (χ4n) is 0.416. The van der Waals surface area contributed by atoms with Crippen molar-refractivity contribution in [2.45, 2.75) is 12.2 Å². The summed E-state index contributed by atoms with van der Waals surface area (Å²) in [4.78, 5) is 0. The van der Waals surface area contributed by atoms with Crippen molar-refractivity contribution in [1.29, 1.82) is 0 Å². The molecule has 12 heavy (non-hydrogen) atoms. The first-order valence-corrected chi connectivity index (χ1v) is 5.83. The molecule has 0 amide bonds. The molecule has 1 atom stereocenters. The Balaban J connectivity index is 0. The van der Waals surface area contributed by atoms with Crippen molar-refractivity contribution in [3.05, 3.63) is 0 Å². The van der Waals surface area contributed by atoms with Gasteiger partial charge in [-0.3, -0.25) is 0 Å². The van der Waals surface area contributed by atoms with Gasteiger partial charge in [-0.15, -0.1) is 0 Å². The molecule has 4 nitrogen and oxygen atoms in total. The second-order valence-electron chi connectivity index (χ2n) is 2.17. The topological polar surface area (TPSA) is 83.2 Å². The van der Waals surface area contributed by atoms with Gasteiger partial charge in [-0.2, -0.15) is 11.8 Å². The van der Waals surface area contributed by atoms with Crippen LogP contribution in [0.15, 0.2) is 0 Å². The fraction of sp³-hybridized carbons (Fsp3) is 1.00. The van der Waals surface area contributed by atoms with Crippen LogP contribution in [0.3, 0.4) is 0 Å². The number of hydrogen-bond donors (Lipinski definition) is 1. The molecule has 2 N–H and O–H groups in total. The minimum atomic E-state index is -4.09. The Labute approximate surface area is 99.7 Å². The maximum Gasteiger partial charge on any atom is 1.00 e. The van der Waals surface area contributed by atoms with Crippen molar-refractivity contribution < 1.29 is 42.5 Å². The summed E-state index contributed by atoms with van der Waals surface area (Å²) < 4.78 is 31.0.